The van der Waals surface area contributed by atoms with Gasteiger partial charge in [-0.15, -0.1) is 0 Å². The van der Waals surface area contributed by atoms with Crippen LogP contribution in [0.1, 0.15) is 90.9 Å². The van der Waals surface area contributed by atoms with Crippen molar-refractivity contribution in [2.45, 2.75) is 97.0 Å². The maximum absolute atomic E-state index is 6.51. The van der Waals surface area contributed by atoms with Gasteiger partial charge in [0.1, 0.15) is 0 Å². The molecule has 0 N–H and O–H groups in total. The highest BCUT2D eigenvalue weighted by molar-refractivity contribution is 5.16. The fourth-order valence-corrected chi connectivity index (χ4v) is 8.26. The van der Waals surface area contributed by atoms with E-state index in [9.17, 15) is 0 Å². The molecule has 0 saturated heterocycles. The van der Waals surface area contributed by atoms with Crippen molar-refractivity contribution in [3.63, 3.8) is 0 Å². The Labute approximate surface area is 161 Å². The molecular formula is C25H40O. The molecule has 0 aromatic rings. The largest absolute Gasteiger partial charge is 0.495 e. The van der Waals surface area contributed by atoms with Crippen LogP contribution in [0.3, 0.4) is 0 Å². The van der Waals surface area contributed by atoms with Gasteiger partial charge >= 0.3 is 0 Å². The lowest BCUT2D eigenvalue weighted by atomic mass is 9.53. The zero-order chi connectivity index (χ0) is 17.9. The maximum atomic E-state index is 6.51. The number of rotatable bonds is 4. The van der Waals surface area contributed by atoms with Crippen molar-refractivity contribution < 1.29 is 4.74 Å². The van der Waals surface area contributed by atoms with E-state index in [0.717, 1.165) is 47.2 Å². The summed E-state index contributed by atoms with van der Waals surface area (Å²) in [5.41, 5.74) is 0.296. The van der Waals surface area contributed by atoms with E-state index < -0.39 is 0 Å². The predicted octanol–water partition coefficient (Wildman–Crippen LogP) is 6.97. The van der Waals surface area contributed by atoms with Crippen molar-refractivity contribution in [2.24, 2.45) is 46.8 Å². The third-order valence-electron chi connectivity index (χ3n) is 9.95. The minimum atomic E-state index is 0.296. The topological polar surface area (TPSA) is 9.23 Å². The van der Waals surface area contributed by atoms with Gasteiger partial charge in [-0.05, 0) is 99.2 Å². The fraction of sp³-hybridized carbons (Fsp3) is 0.920. The molecule has 1 heteroatoms. The van der Waals surface area contributed by atoms with Crippen molar-refractivity contribution >= 4 is 0 Å². The van der Waals surface area contributed by atoms with E-state index in [1.165, 1.54) is 51.4 Å². The molecule has 5 aliphatic rings. The minimum absolute atomic E-state index is 0.296. The number of allylic oxidation sites excluding steroid dienone is 1. The van der Waals surface area contributed by atoms with E-state index >= 15 is 0 Å². The molecule has 5 aliphatic carbocycles. The molecule has 5 fully saturated rings. The maximum Gasteiger partial charge on any atom is 0.0985 e. The Balaban J connectivity index is 1.20. The summed E-state index contributed by atoms with van der Waals surface area (Å²) in [6, 6.07) is 0. The Hall–Kier alpha value is -0.460. The molecule has 26 heavy (non-hydrogen) atoms. The van der Waals surface area contributed by atoms with E-state index in [1.807, 2.05) is 0 Å². The fourth-order valence-electron chi connectivity index (χ4n) is 8.26. The summed E-state index contributed by atoms with van der Waals surface area (Å²) in [6.45, 7) is 9.05. The Morgan fingerprint density at radius 1 is 0.885 bits per heavy atom. The highest BCUT2D eigenvalue weighted by Crippen LogP contribution is 2.60. The van der Waals surface area contributed by atoms with Crippen molar-refractivity contribution in [3.05, 3.63) is 12.3 Å². The molecule has 5 rings (SSSR count). The molecule has 0 spiro atoms. The van der Waals surface area contributed by atoms with E-state index in [1.54, 1.807) is 25.7 Å². The first-order chi connectivity index (χ1) is 12.6. The van der Waals surface area contributed by atoms with Crippen LogP contribution in [0.4, 0.5) is 0 Å². The van der Waals surface area contributed by atoms with Gasteiger partial charge in [0.05, 0.1) is 11.9 Å². The second-order valence-corrected chi connectivity index (χ2v) is 11.0. The summed E-state index contributed by atoms with van der Waals surface area (Å²) < 4.78 is 6.51. The Morgan fingerprint density at radius 2 is 1.58 bits per heavy atom. The molecule has 0 amide bonds. The molecule has 5 saturated carbocycles. The molecule has 0 aliphatic heterocycles. The van der Waals surface area contributed by atoms with Crippen LogP contribution in [0.5, 0.6) is 0 Å². The van der Waals surface area contributed by atoms with Crippen LogP contribution in [0.15, 0.2) is 12.3 Å². The summed E-state index contributed by atoms with van der Waals surface area (Å²) in [7, 11) is 0. The molecule has 0 aromatic heterocycles. The Bertz CT molecular complexity index is 552. The third-order valence-corrected chi connectivity index (χ3v) is 9.95. The zero-order valence-electron chi connectivity index (χ0n) is 17.2. The van der Waals surface area contributed by atoms with Crippen molar-refractivity contribution in [1.29, 1.82) is 0 Å². The van der Waals surface area contributed by atoms with Crippen LogP contribution in [0.25, 0.3) is 0 Å². The standard InChI is InChI=1S/C25H40O/c1-4-19-15-25(19,3)16(2)26-20-10-13-22-18(14-20)9-12-23-21-7-5-6-17(21)8-11-24(22)23/h17-24H,2,4-15H2,1,3H3. The van der Waals surface area contributed by atoms with E-state index in [2.05, 4.69) is 20.4 Å². The first-order valence-corrected chi connectivity index (χ1v) is 12.0. The van der Waals surface area contributed by atoms with E-state index in [-0.39, 0.29) is 0 Å². The monoisotopic (exact) mass is 356 g/mol. The third kappa shape index (κ3) is 2.78. The van der Waals surface area contributed by atoms with Gasteiger partial charge in [0, 0.05) is 5.41 Å². The summed E-state index contributed by atoms with van der Waals surface area (Å²) in [4.78, 5) is 0. The van der Waals surface area contributed by atoms with Gasteiger partial charge in [-0.1, -0.05) is 39.7 Å². The predicted molar refractivity (Wildman–Crippen MR) is 108 cm³/mol. The number of ether oxygens (including phenoxy) is 1. The van der Waals surface area contributed by atoms with Gasteiger partial charge in [-0.2, -0.15) is 0 Å². The van der Waals surface area contributed by atoms with E-state index in [0.29, 0.717) is 11.5 Å². The van der Waals surface area contributed by atoms with Crippen LogP contribution in [0.2, 0.25) is 0 Å². The smallest absolute Gasteiger partial charge is 0.0985 e. The molecule has 146 valence electrons. The average molecular weight is 357 g/mol. The van der Waals surface area contributed by atoms with Gasteiger partial charge in [-0.25, -0.2) is 0 Å². The van der Waals surface area contributed by atoms with Gasteiger partial charge in [0.25, 0.3) is 0 Å². The zero-order valence-corrected chi connectivity index (χ0v) is 17.2. The second kappa shape index (κ2) is 6.56. The summed E-state index contributed by atoms with van der Waals surface area (Å²) >= 11 is 0. The normalized spacial score (nSPS) is 52.5. The number of fused-ring (bicyclic) bond motifs is 5. The lowest BCUT2D eigenvalue weighted by molar-refractivity contribution is -0.0560. The highest BCUT2D eigenvalue weighted by atomic mass is 16.5. The van der Waals surface area contributed by atoms with Crippen LogP contribution < -0.4 is 0 Å². The molecule has 0 bridgehead atoms. The SMILES string of the molecule is C=C(OC1CCC2C(CCC3C4CCCC4CCC23)C1)C1(C)CC1CC. The van der Waals surface area contributed by atoms with Gasteiger partial charge in [0.2, 0.25) is 0 Å². The quantitative estimate of drug-likeness (QED) is 0.494. The van der Waals surface area contributed by atoms with Gasteiger partial charge in [0.15, 0.2) is 0 Å². The number of hydrogen-bond acceptors (Lipinski definition) is 1. The molecule has 0 radical (unpaired) electrons. The van der Waals surface area contributed by atoms with Gasteiger partial charge < -0.3 is 4.74 Å². The van der Waals surface area contributed by atoms with Crippen molar-refractivity contribution in [2.75, 3.05) is 0 Å². The number of hydrogen-bond donors (Lipinski definition) is 0. The minimum Gasteiger partial charge on any atom is -0.495 e. The van der Waals surface area contributed by atoms with Crippen molar-refractivity contribution in [3.8, 4) is 0 Å². The summed E-state index contributed by atoms with van der Waals surface area (Å²) in [5, 5.41) is 0. The van der Waals surface area contributed by atoms with Crippen molar-refractivity contribution in [1.82, 2.24) is 0 Å². The first-order valence-electron chi connectivity index (χ1n) is 12.0. The van der Waals surface area contributed by atoms with Crippen LogP contribution in [-0.4, -0.2) is 6.10 Å². The molecular weight excluding hydrogens is 316 g/mol. The Morgan fingerprint density at radius 3 is 2.31 bits per heavy atom. The molecule has 0 heterocycles. The van der Waals surface area contributed by atoms with Crippen LogP contribution >= 0.6 is 0 Å². The van der Waals surface area contributed by atoms with Gasteiger partial charge in [-0.3, -0.25) is 0 Å². The van der Waals surface area contributed by atoms with E-state index in [4.69, 9.17) is 4.74 Å². The summed E-state index contributed by atoms with van der Waals surface area (Å²) in [6.07, 6.45) is 17.9. The highest BCUT2D eigenvalue weighted by Gasteiger charge is 2.53. The first kappa shape index (κ1) is 17.6. The summed E-state index contributed by atoms with van der Waals surface area (Å²) in [5.74, 6) is 8.32. The average Bonchev–Trinajstić information content (AvgIpc) is 3.11. The molecule has 1 nitrogen and oxygen atoms in total. The lowest BCUT2D eigenvalue weighted by Gasteiger charge is -2.52. The molecule has 9 unspecified atom stereocenters. The van der Waals surface area contributed by atoms with Crippen LogP contribution in [-0.2, 0) is 4.74 Å². The Kier molecular flexibility index (Phi) is 4.45. The second-order valence-electron chi connectivity index (χ2n) is 11.0. The molecule has 9 atom stereocenters. The molecule has 0 aromatic carbocycles. The lowest BCUT2D eigenvalue weighted by Crippen LogP contribution is -2.45. The van der Waals surface area contributed by atoms with Crippen LogP contribution in [0, 0.1) is 46.8 Å².